The Morgan fingerprint density at radius 1 is 0.974 bits per heavy atom. The lowest BCUT2D eigenvalue weighted by molar-refractivity contribution is 0.400. The standard InChI is InChI=1S/C29H30N8O2/c1-4-17-36-28(39)23-20-30-29(31-22-15-13-21(14-16-22)9-8-18-34(2)3)33-27(23)37(36)25-11-7-10-24(32-25)35-19-6-5-12-26(35)38/h4-7,10-16,19-20H,1,8-9,17-18H2,2-3H3,(H,30,31,33). The second kappa shape index (κ2) is 11.3. The minimum atomic E-state index is -0.261. The van der Waals surface area contributed by atoms with Crippen LogP contribution in [0.4, 0.5) is 11.6 Å². The highest BCUT2D eigenvalue weighted by Crippen LogP contribution is 2.20. The number of nitrogens with zero attached hydrogens (tertiary/aromatic N) is 7. The minimum absolute atomic E-state index is 0.208. The Hall–Kier alpha value is -4.83. The van der Waals surface area contributed by atoms with Crippen LogP contribution in [-0.2, 0) is 13.0 Å². The van der Waals surface area contributed by atoms with Crippen molar-refractivity contribution in [2.75, 3.05) is 26.0 Å². The highest BCUT2D eigenvalue weighted by atomic mass is 16.1. The lowest BCUT2D eigenvalue weighted by Crippen LogP contribution is -2.23. The Balaban J connectivity index is 1.51. The first-order valence-electron chi connectivity index (χ1n) is 12.7. The van der Waals surface area contributed by atoms with E-state index in [4.69, 9.17) is 4.98 Å². The highest BCUT2D eigenvalue weighted by molar-refractivity contribution is 5.77. The molecule has 0 unspecified atom stereocenters. The van der Waals surface area contributed by atoms with Gasteiger partial charge in [-0.15, -0.1) is 6.58 Å². The van der Waals surface area contributed by atoms with Gasteiger partial charge in [-0.1, -0.05) is 30.3 Å². The smallest absolute Gasteiger partial charge is 0.278 e. The quantitative estimate of drug-likeness (QED) is 0.280. The summed E-state index contributed by atoms with van der Waals surface area (Å²) >= 11 is 0. The third-order valence-corrected chi connectivity index (χ3v) is 6.26. The van der Waals surface area contributed by atoms with Crippen molar-refractivity contribution in [1.82, 2.24) is 33.8 Å². The number of pyridine rings is 2. The first-order valence-corrected chi connectivity index (χ1v) is 12.7. The summed E-state index contributed by atoms with van der Waals surface area (Å²) in [6, 6.07) is 18.4. The van der Waals surface area contributed by atoms with Crippen LogP contribution in [0.2, 0.25) is 0 Å². The van der Waals surface area contributed by atoms with Gasteiger partial charge in [0.1, 0.15) is 11.2 Å². The number of hydrogen-bond donors (Lipinski definition) is 1. The number of aromatic nitrogens is 6. The third kappa shape index (κ3) is 5.55. The zero-order valence-electron chi connectivity index (χ0n) is 22.0. The lowest BCUT2D eigenvalue weighted by atomic mass is 10.1. The van der Waals surface area contributed by atoms with Crippen LogP contribution >= 0.6 is 0 Å². The molecule has 4 aromatic heterocycles. The summed E-state index contributed by atoms with van der Waals surface area (Å²) in [4.78, 5) is 41.6. The van der Waals surface area contributed by atoms with Crippen molar-refractivity contribution in [3.63, 3.8) is 0 Å². The van der Waals surface area contributed by atoms with Crippen LogP contribution in [0.25, 0.3) is 22.7 Å². The average Bonchev–Trinajstić information content (AvgIpc) is 3.20. The summed E-state index contributed by atoms with van der Waals surface area (Å²) in [5.41, 5.74) is 2.03. The van der Waals surface area contributed by atoms with Gasteiger partial charge in [0.25, 0.3) is 11.1 Å². The molecule has 4 heterocycles. The molecule has 0 bridgehead atoms. The number of benzene rings is 1. The van der Waals surface area contributed by atoms with Gasteiger partial charge in [-0.3, -0.25) is 14.2 Å². The molecule has 0 saturated carbocycles. The number of aryl methyl sites for hydroxylation is 1. The zero-order valence-corrected chi connectivity index (χ0v) is 22.0. The molecule has 0 fully saturated rings. The molecule has 0 radical (unpaired) electrons. The monoisotopic (exact) mass is 522 g/mol. The van der Waals surface area contributed by atoms with E-state index in [9.17, 15) is 9.59 Å². The van der Waals surface area contributed by atoms with Crippen molar-refractivity contribution >= 4 is 22.7 Å². The molecule has 0 amide bonds. The largest absolute Gasteiger partial charge is 0.324 e. The molecular weight excluding hydrogens is 492 g/mol. The molecule has 1 aromatic carbocycles. The second-order valence-corrected chi connectivity index (χ2v) is 9.41. The fourth-order valence-corrected chi connectivity index (χ4v) is 4.37. The fraction of sp³-hybridized carbons (Fsp3) is 0.207. The number of hydrogen-bond acceptors (Lipinski definition) is 7. The molecule has 5 rings (SSSR count). The van der Waals surface area contributed by atoms with Crippen LogP contribution in [-0.4, -0.2) is 54.4 Å². The molecule has 0 aliphatic rings. The van der Waals surface area contributed by atoms with E-state index in [1.165, 1.54) is 27.1 Å². The van der Waals surface area contributed by atoms with Crippen molar-refractivity contribution in [3.8, 4) is 11.6 Å². The molecule has 39 heavy (non-hydrogen) atoms. The van der Waals surface area contributed by atoms with Gasteiger partial charge in [0.15, 0.2) is 11.5 Å². The van der Waals surface area contributed by atoms with E-state index in [0.717, 1.165) is 25.1 Å². The summed E-state index contributed by atoms with van der Waals surface area (Å²) in [6.07, 6.45) is 6.90. The van der Waals surface area contributed by atoms with E-state index >= 15 is 0 Å². The lowest BCUT2D eigenvalue weighted by Gasteiger charge is -2.12. The van der Waals surface area contributed by atoms with Gasteiger partial charge in [0.05, 0.1) is 6.54 Å². The van der Waals surface area contributed by atoms with Gasteiger partial charge in [-0.2, -0.15) is 4.98 Å². The van der Waals surface area contributed by atoms with E-state index in [1.54, 1.807) is 47.3 Å². The van der Waals surface area contributed by atoms with E-state index in [1.807, 2.05) is 12.1 Å². The Morgan fingerprint density at radius 2 is 1.77 bits per heavy atom. The van der Waals surface area contributed by atoms with Gasteiger partial charge < -0.3 is 10.2 Å². The number of rotatable bonds is 10. The number of anilines is 2. The SMILES string of the molecule is C=CCn1c(=O)c2cnc(Nc3ccc(CCCN(C)C)cc3)nc2n1-c1cccc(-n2ccccc2=O)n1. The maximum absolute atomic E-state index is 13.3. The maximum Gasteiger partial charge on any atom is 0.278 e. The fourth-order valence-electron chi connectivity index (χ4n) is 4.37. The molecular formula is C29H30N8O2. The van der Waals surface area contributed by atoms with E-state index in [-0.39, 0.29) is 17.7 Å². The van der Waals surface area contributed by atoms with E-state index in [0.29, 0.717) is 28.6 Å². The summed E-state index contributed by atoms with van der Waals surface area (Å²) in [5.74, 6) is 1.21. The Morgan fingerprint density at radius 3 is 2.51 bits per heavy atom. The van der Waals surface area contributed by atoms with Crippen molar-refractivity contribution in [1.29, 1.82) is 0 Å². The summed E-state index contributed by atoms with van der Waals surface area (Å²) in [6.45, 7) is 5.08. The van der Waals surface area contributed by atoms with Crippen LogP contribution in [0.3, 0.4) is 0 Å². The average molecular weight is 523 g/mol. The number of fused-ring (bicyclic) bond motifs is 1. The molecule has 1 N–H and O–H groups in total. The molecule has 0 aliphatic carbocycles. The van der Waals surface area contributed by atoms with Crippen molar-refractivity contribution < 1.29 is 0 Å². The first kappa shape index (κ1) is 25.8. The molecule has 0 saturated heterocycles. The molecule has 0 spiro atoms. The number of allylic oxidation sites excluding steroid dienone is 1. The van der Waals surface area contributed by atoms with Crippen molar-refractivity contribution in [3.05, 3.63) is 112 Å². The molecule has 10 nitrogen and oxygen atoms in total. The van der Waals surface area contributed by atoms with E-state index < -0.39 is 0 Å². The third-order valence-electron chi connectivity index (χ3n) is 6.26. The van der Waals surface area contributed by atoms with Crippen LogP contribution in [0.15, 0.2) is 95.3 Å². The van der Waals surface area contributed by atoms with Crippen LogP contribution in [0.5, 0.6) is 0 Å². The second-order valence-electron chi connectivity index (χ2n) is 9.41. The predicted molar refractivity (Wildman–Crippen MR) is 153 cm³/mol. The van der Waals surface area contributed by atoms with Crippen molar-refractivity contribution in [2.24, 2.45) is 0 Å². The topological polar surface area (TPSA) is 103 Å². The van der Waals surface area contributed by atoms with Gasteiger partial charge in [0.2, 0.25) is 5.95 Å². The molecule has 0 atom stereocenters. The van der Waals surface area contributed by atoms with E-state index in [2.05, 4.69) is 53.0 Å². The Labute approximate surface area is 225 Å². The molecule has 0 aliphatic heterocycles. The summed E-state index contributed by atoms with van der Waals surface area (Å²) < 4.78 is 4.58. The van der Waals surface area contributed by atoms with Gasteiger partial charge >= 0.3 is 0 Å². The number of nitrogens with one attached hydrogen (secondary N) is 1. The summed E-state index contributed by atoms with van der Waals surface area (Å²) in [7, 11) is 4.15. The zero-order chi connectivity index (χ0) is 27.4. The highest BCUT2D eigenvalue weighted by Gasteiger charge is 2.18. The summed E-state index contributed by atoms with van der Waals surface area (Å²) in [5, 5.41) is 3.59. The maximum atomic E-state index is 13.3. The molecule has 5 aromatic rings. The van der Waals surface area contributed by atoms with Crippen LogP contribution in [0, 0.1) is 0 Å². The van der Waals surface area contributed by atoms with Gasteiger partial charge in [0, 0.05) is 24.1 Å². The van der Waals surface area contributed by atoms with Gasteiger partial charge in [-0.25, -0.2) is 19.3 Å². The molecule has 10 heteroatoms. The molecule has 198 valence electrons. The Bertz CT molecular complexity index is 1730. The van der Waals surface area contributed by atoms with Crippen molar-refractivity contribution in [2.45, 2.75) is 19.4 Å². The minimum Gasteiger partial charge on any atom is -0.324 e. The van der Waals surface area contributed by atoms with Crippen LogP contribution < -0.4 is 16.4 Å². The Kier molecular flexibility index (Phi) is 7.46. The van der Waals surface area contributed by atoms with Gasteiger partial charge in [-0.05, 0) is 69.4 Å². The van der Waals surface area contributed by atoms with Crippen LogP contribution in [0.1, 0.15) is 12.0 Å². The first-order chi connectivity index (χ1) is 18.9. The normalized spacial score (nSPS) is 11.3. The predicted octanol–water partition coefficient (Wildman–Crippen LogP) is 3.55.